The molecule has 0 unspecified atom stereocenters. The number of nitro benzene ring substituents is 1. The third kappa shape index (κ3) is 4.49. The van der Waals surface area contributed by atoms with Gasteiger partial charge in [0.1, 0.15) is 0 Å². The molecule has 3 aromatic rings. The van der Waals surface area contributed by atoms with Crippen LogP contribution in [0.25, 0.3) is 10.6 Å². The lowest BCUT2D eigenvalue weighted by Crippen LogP contribution is -2.24. The van der Waals surface area contributed by atoms with Crippen molar-refractivity contribution in [2.75, 3.05) is 0 Å². The van der Waals surface area contributed by atoms with Gasteiger partial charge in [0.05, 0.1) is 33.5 Å². The van der Waals surface area contributed by atoms with Crippen LogP contribution in [-0.2, 0) is 17.8 Å². The number of thiophene rings is 1. The lowest BCUT2D eigenvalue weighted by Gasteiger charge is -2.04. The van der Waals surface area contributed by atoms with Gasteiger partial charge in [-0.05, 0) is 24.6 Å². The Morgan fingerprint density at radius 1 is 1.24 bits per heavy atom. The van der Waals surface area contributed by atoms with Gasteiger partial charge in [-0.25, -0.2) is 4.98 Å². The summed E-state index contributed by atoms with van der Waals surface area (Å²) >= 11 is 3.22. The molecular weight excluding hydrogens is 358 g/mol. The molecule has 0 aliphatic rings. The van der Waals surface area contributed by atoms with E-state index in [1.54, 1.807) is 34.8 Å². The highest BCUT2D eigenvalue weighted by Gasteiger charge is 2.09. The van der Waals surface area contributed by atoms with E-state index < -0.39 is 4.92 Å². The fourth-order valence-corrected chi connectivity index (χ4v) is 3.85. The number of nitro groups is 1. The summed E-state index contributed by atoms with van der Waals surface area (Å²) in [5.41, 5.74) is 1.73. The lowest BCUT2D eigenvalue weighted by atomic mass is 10.1. The predicted octanol–water partition coefficient (Wildman–Crippen LogP) is 3.95. The fraction of sp³-hybridized carbons (Fsp3) is 0.176. The van der Waals surface area contributed by atoms with Gasteiger partial charge >= 0.3 is 0 Å². The van der Waals surface area contributed by atoms with E-state index >= 15 is 0 Å². The maximum atomic E-state index is 12.0. The van der Waals surface area contributed by atoms with Crippen LogP contribution in [-0.4, -0.2) is 15.8 Å². The molecule has 0 atom stereocenters. The van der Waals surface area contributed by atoms with E-state index in [9.17, 15) is 14.9 Å². The highest BCUT2D eigenvalue weighted by molar-refractivity contribution is 7.16. The molecule has 0 aliphatic carbocycles. The van der Waals surface area contributed by atoms with Crippen molar-refractivity contribution in [3.8, 4) is 10.6 Å². The summed E-state index contributed by atoms with van der Waals surface area (Å²) in [4.78, 5) is 28.8. The van der Waals surface area contributed by atoms with E-state index in [1.807, 2.05) is 24.4 Å². The van der Waals surface area contributed by atoms with Crippen LogP contribution >= 0.6 is 22.7 Å². The minimum Gasteiger partial charge on any atom is -0.351 e. The standard InChI is InChI=1S/C17H15N3O3S2/c1-11-19-15(10-24-11)16-7-6-14(25-16)9-18-17(21)8-12-2-4-13(5-3-12)20(22)23/h2-7,10H,8-9H2,1H3,(H,18,21). The SMILES string of the molecule is Cc1nc(-c2ccc(CNC(=O)Cc3ccc([N+](=O)[O-])cc3)s2)cs1. The van der Waals surface area contributed by atoms with Crippen LogP contribution in [0.2, 0.25) is 0 Å². The monoisotopic (exact) mass is 373 g/mol. The smallest absolute Gasteiger partial charge is 0.269 e. The zero-order chi connectivity index (χ0) is 17.8. The molecule has 0 fully saturated rings. The summed E-state index contributed by atoms with van der Waals surface area (Å²) in [5.74, 6) is -0.117. The maximum Gasteiger partial charge on any atom is 0.269 e. The number of carbonyl (C=O) groups is 1. The molecular formula is C17H15N3O3S2. The van der Waals surface area contributed by atoms with E-state index in [1.165, 1.54) is 12.1 Å². The summed E-state index contributed by atoms with van der Waals surface area (Å²) in [7, 11) is 0. The number of nitrogens with zero attached hydrogens (tertiary/aromatic N) is 2. The predicted molar refractivity (Wildman–Crippen MR) is 98.8 cm³/mol. The second-order valence-electron chi connectivity index (χ2n) is 5.39. The van der Waals surface area contributed by atoms with Crippen LogP contribution in [0.4, 0.5) is 5.69 Å². The van der Waals surface area contributed by atoms with Crippen molar-refractivity contribution in [1.29, 1.82) is 0 Å². The maximum absolute atomic E-state index is 12.0. The molecule has 1 aromatic carbocycles. The zero-order valence-corrected chi connectivity index (χ0v) is 15.0. The number of hydrogen-bond acceptors (Lipinski definition) is 6. The Kier molecular flexibility index (Phi) is 5.20. The van der Waals surface area contributed by atoms with Crippen LogP contribution in [0.3, 0.4) is 0 Å². The largest absolute Gasteiger partial charge is 0.351 e. The molecule has 1 amide bonds. The number of carbonyl (C=O) groups excluding carboxylic acids is 1. The molecule has 0 saturated heterocycles. The van der Waals surface area contributed by atoms with E-state index in [2.05, 4.69) is 10.3 Å². The second kappa shape index (κ2) is 7.54. The van der Waals surface area contributed by atoms with Crippen molar-refractivity contribution in [2.45, 2.75) is 19.9 Å². The first-order chi connectivity index (χ1) is 12.0. The Hall–Kier alpha value is -2.58. The molecule has 0 spiro atoms. The van der Waals surface area contributed by atoms with Gasteiger partial charge in [-0.1, -0.05) is 12.1 Å². The minimum atomic E-state index is -0.456. The molecule has 2 heterocycles. The van der Waals surface area contributed by atoms with Crippen molar-refractivity contribution >= 4 is 34.3 Å². The summed E-state index contributed by atoms with van der Waals surface area (Å²) in [6.45, 7) is 2.43. The average molecular weight is 373 g/mol. The van der Waals surface area contributed by atoms with Crippen LogP contribution in [0.5, 0.6) is 0 Å². The molecule has 8 heteroatoms. The molecule has 0 aliphatic heterocycles. The quantitative estimate of drug-likeness (QED) is 0.524. The normalized spacial score (nSPS) is 10.6. The zero-order valence-electron chi connectivity index (χ0n) is 13.4. The molecule has 3 rings (SSSR count). The lowest BCUT2D eigenvalue weighted by molar-refractivity contribution is -0.384. The second-order valence-corrected chi connectivity index (χ2v) is 7.63. The topological polar surface area (TPSA) is 85.1 Å². The molecule has 25 heavy (non-hydrogen) atoms. The first-order valence-electron chi connectivity index (χ1n) is 7.52. The number of rotatable bonds is 6. The van der Waals surface area contributed by atoms with Gasteiger partial charge in [-0.2, -0.15) is 0 Å². The van der Waals surface area contributed by atoms with Crippen LogP contribution in [0, 0.1) is 17.0 Å². The number of benzene rings is 1. The van der Waals surface area contributed by atoms with Crippen molar-refractivity contribution in [1.82, 2.24) is 10.3 Å². The third-order valence-corrected chi connectivity index (χ3v) is 5.39. The van der Waals surface area contributed by atoms with E-state index in [0.29, 0.717) is 6.54 Å². The highest BCUT2D eigenvalue weighted by Crippen LogP contribution is 2.28. The first kappa shape index (κ1) is 17.2. The Labute approximate surface area is 152 Å². The first-order valence-corrected chi connectivity index (χ1v) is 9.22. The minimum absolute atomic E-state index is 0.0209. The van der Waals surface area contributed by atoms with E-state index in [-0.39, 0.29) is 18.0 Å². The molecule has 0 saturated carbocycles. The Morgan fingerprint density at radius 2 is 2.00 bits per heavy atom. The number of amides is 1. The van der Waals surface area contributed by atoms with Gasteiger partial charge in [0.2, 0.25) is 5.91 Å². The Balaban J connectivity index is 1.54. The highest BCUT2D eigenvalue weighted by atomic mass is 32.1. The summed E-state index contributed by atoms with van der Waals surface area (Å²) in [6, 6.07) is 10.0. The molecule has 128 valence electrons. The van der Waals surface area contributed by atoms with Crippen molar-refractivity contribution < 1.29 is 9.72 Å². The number of aryl methyl sites for hydroxylation is 1. The van der Waals surface area contributed by atoms with Crippen LogP contribution in [0.1, 0.15) is 15.4 Å². The summed E-state index contributed by atoms with van der Waals surface area (Å²) < 4.78 is 0. The number of aromatic nitrogens is 1. The van der Waals surface area contributed by atoms with Gasteiger partial charge in [-0.3, -0.25) is 14.9 Å². The van der Waals surface area contributed by atoms with E-state index in [4.69, 9.17) is 0 Å². The summed E-state index contributed by atoms with van der Waals surface area (Å²) in [6.07, 6.45) is 0.196. The molecule has 6 nitrogen and oxygen atoms in total. The van der Waals surface area contributed by atoms with E-state index in [0.717, 1.165) is 26.0 Å². The fourth-order valence-electron chi connectivity index (χ4n) is 2.26. The van der Waals surface area contributed by atoms with Gasteiger partial charge < -0.3 is 5.32 Å². The third-order valence-electron chi connectivity index (χ3n) is 3.50. The number of nitrogens with one attached hydrogen (secondary N) is 1. The molecule has 0 radical (unpaired) electrons. The van der Waals surface area contributed by atoms with Gasteiger partial charge in [0, 0.05) is 22.4 Å². The van der Waals surface area contributed by atoms with Crippen LogP contribution in [0.15, 0.2) is 41.8 Å². The molecule has 0 bridgehead atoms. The van der Waals surface area contributed by atoms with Crippen LogP contribution < -0.4 is 5.32 Å². The average Bonchev–Trinajstić information content (AvgIpc) is 3.22. The Bertz CT molecular complexity index is 900. The van der Waals surface area contributed by atoms with Gasteiger partial charge in [0.15, 0.2) is 0 Å². The van der Waals surface area contributed by atoms with Crippen molar-refractivity contribution in [3.63, 3.8) is 0 Å². The molecule has 2 aromatic heterocycles. The van der Waals surface area contributed by atoms with Gasteiger partial charge in [-0.15, -0.1) is 22.7 Å². The number of hydrogen-bond donors (Lipinski definition) is 1. The molecule has 1 N–H and O–H groups in total. The van der Waals surface area contributed by atoms with Crippen molar-refractivity contribution in [2.24, 2.45) is 0 Å². The number of thiazole rings is 1. The number of non-ortho nitro benzene ring substituents is 1. The van der Waals surface area contributed by atoms with Gasteiger partial charge in [0.25, 0.3) is 5.69 Å². The van der Waals surface area contributed by atoms with Crippen molar-refractivity contribution in [3.05, 3.63) is 67.3 Å². The summed E-state index contributed by atoms with van der Waals surface area (Å²) in [5, 5.41) is 16.6. The Morgan fingerprint density at radius 3 is 2.64 bits per heavy atom.